The molecule has 2 aromatic carbocycles. The number of carbonyl (C=O) groups is 1. The topological polar surface area (TPSA) is 60.9 Å². The Balaban J connectivity index is 1.53. The number of hydrogen-bond acceptors (Lipinski definition) is 6. The summed E-state index contributed by atoms with van der Waals surface area (Å²) in [4.78, 5) is 19.6. The van der Waals surface area contributed by atoms with Crippen LogP contribution in [-0.4, -0.2) is 43.4 Å². The first-order valence-corrected chi connectivity index (χ1v) is 11.6. The van der Waals surface area contributed by atoms with Crippen LogP contribution >= 0.6 is 22.9 Å². The van der Waals surface area contributed by atoms with Crippen LogP contribution in [0.2, 0.25) is 5.02 Å². The van der Waals surface area contributed by atoms with E-state index in [1.807, 2.05) is 38.1 Å². The molecule has 0 N–H and O–H groups in total. The third-order valence-electron chi connectivity index (χ3n) is 5.13. The summed E-state index contributed by atoms with van der Waals surface area (Å²) in [5.74, 6) is 1.21. The Morgan fingerprint density at radius 1 is 1.23 bits per heavy atom. The lowest BCUT2D eigenvalue weighted by molar-refractivity contribution is -0.120. The van der Waals surface area contributed by atoms with Crippen molar-refractivity contribution in [2.45, 2.75) is 32.8 Å². The van der Waals surface area contributed by atoms with Gasteiger partial charge in [0.15, 0.2) is 11.7 Å². The molecule has 1 aromatic heterocycles. The van der Waals surface area contributed by atoms with Crippen molar-refractivity contribution < 1.29 is 19.0 Å². The van der Waals surface area contributed by atoms with E-state index in [2.05, 4.69) is 0 Å². The summed E-state index contributed by atoms with van der Waals surface area (Å²) >= 11 is 7.80. The number of thiazole rings is 1. The highest BCUT2D eigenvalue weighted by atomic mass is 35.5. The van der Waals surface area contributed by atoms with E-state index in [1.165, 1.54) is 11.3 Å². The molecule has 3 aromatic rings. The Hall–Kier alpha value is -2.35. The van der Waals surface area contributed by atoms with Crippen molar-refractivity contribution in [1.29, 1.82) is 0 Å². The molecule has 8 heteroatoms. The Morgan fingerprint density at radius 2 is 1.97 bits per heavy atom. The fraction of sp³-hybridized carbons (Fsp3) is 0.391. The second-order valence-corrected chi connectivity index (χ2v) is 8.76. The Morgan fingerprint density at radius 3 is 2.61 bits per heavy atom. The number of hydrogen-bond donors (Lipinski definition) is 0. The van der Waals surface area contributed by atoms with Gasteiger partial charge in [-0.3, -0.25) is 9.69 Å². The molecular formula is C23H25ClN2O4S. The van der Waals surface area contributed by atoms with Gasteiger partial charge >= 0.3 is 0 Å². The molecule has 1 atom stereocenters. The molecular weight excluding hydrogens is 436 g/mol. The van der Waals surface area contributed by atoms with Gasteiger partial charge in [0.25, 0.3) is 5.91 Å². The number of aromatic nitrogens is 1. The first-order chi connectivity index (χ1) is 15.0. The van der Waals surface area contributed by atoms with Crippen LogP contribution < -0.4 is 14.4 Å². The smallest absolute Gasteiger partial charge is 0.266 e. The Labute approximate surface area is 190 Å². The van der Waals surface area contributed by atoms with Gasteiger partial charge in [-0.15, -0.1) is 0 Å². The zero-order valence-corrected chi connectivity index (χ0v) is 19.2. The van der Waals surface area contributed by atoms with Crippen LogP contribution in [0.4, 0.5) is 5.13 Å². The van der Waals surface area contributed by atoms with Gasteiger partial charge in [-0.2, -0.15) is 0 Å². The lowest BCUT2D eigenvalue weighted by Gasteiger charge is -2.23. The number of fused-ring (bicyclic) bond motifs is 1. The predicted octanol–water partition coefficient (Wildman–Crippen LogP) is 5.25. The van der Waals surface area contributed by atoms with E-state index in [9.17, 15) is 4.79 Å². The summed E-state index contributed by atoms with van der Waals surface area (Å²) in [6, 6.07) is 11.0. The number of benzene rings is 2. The number of carbonyl (C=O) groups excluding carboxylic acids is 1. The molecule has 1 aliphatic heterocycles. The van der Waals surface area contributed by atoms with Crippen LogP contribution in [0.1, 0.15) is 25.3 Å². The van der Waals surface area contributed by atoms with E-state index in [4.69, 9.17) is 30.8 Å². The normalized spacial score (nSPS) is 15.9. The van der Waals surface area contributed by atoms with E-state index in [0.717, 1.165) is 41.0 Å². The quantitative estimate of drug-likeness (QED) is 0.459. The van der Waals surface area contributed by atoms with Crippen LogP contribution in [0.5, 0.6) is 11.5 Å². The highest BCUT2D eigenvalue weighted by Gasteiger charge is 2.27. The van der Waals surface area contributed by atoms with Crippen molar-refractivity contribution in [1.82, 2.24) is 4.98 Å². The van der Waals surface area contributed by atoms with E-state index >= 15 is 0 Å². The molecule has 1 amide bonds. The summed E-state index contributed by atoms with van der Waals surface area (Å²) in [6.07, 6.45) is 1.92. The Bertz CT molecular complexity index is 1010. The molecule has 1 fully saturated rings. The van der Waals surface area contributed by atoms with Crippen LogP contribution in [0.15, 0.2) is 36.4 Å². The second-order valence-electron chi connectivity index (χ2n) is 7.37. The third-order valence-corrected chi connectivity index (χ3v) is 6.66. The van der Waals surface area contributed by atoms with Gasteiger partial charge in [-0.1, -0.05) is 29.0 Å². The number of aryl methyl sites for hydroxylation is 1. The molecule has 6 nitrogen and oxygen atoms in total. The minimum atomic E-state index is -0.169. The highest BCUT2D eigenvalue weighted by Crippen LogP contribution is 2.36. The van der Waals surface area contributed by atoms with E-state index in [1.54, 1.807) is 17.0 Å². The number of rotatable bonds is 8. The fourth-order valence-electron chi connectivity index (χ4n) is 3.51. The average molecular weight is 461 g/mol. The zero-order chi connectivity index (χ0) is 21.8. The molecule has 0 spiro atoms. The second kappa shape index (κ2) is 9.85. The number of anilines is 1. The summed E-state index contributed by atoms with van der Waals surface area (Å²) in [6.45, 7) is 5.60. The minimum Gasteiger partial charge on any atom is -0.494 e. The summed E-state index contributed by atoms with van der Waals surface area (Å²) in [5.41, 5.74) is 1.85. The van der Waals surface area contributed by atoms with E-state index in [-0.39, 0.29) is 18.6 Å². The van der Waals surface area contributed by atoms with Crippen molar-refractivity contribution in [3.63, 3.8) is 0 Å². The van der Waals surface area contributed by atoms with Crippen molar-refractivity contribution >= 4 is 44.2 Å². The highest BCUT2D eigenvalue weighted by molar-refractivity contribution is 7.23. The maximum absolute atomic E-state index is 13.2. The summed E-state index contributed by atoms with van der Waals surface area (Å²) < 4.78 is 17.9. The number of nitrogens with zero attached hydrogens (tertiary/aromatic N) is 2. The molecule has 164 valence electrons. The number of halogens is 1. The third kappa shape index (κ3) is 5.11. The van der Waals surface area contributed by atoms with Crippen LogP contribution in [0.25, 0.3) is 10.2 Å². The molecule has 1 saturated heterocycles. The minimum absolute atomic E-state index is 0.00185. The number of amides is 1. The maximum Gasteiger partial charge on any atom is 0.266 e. The fourth-order valence-corrected chi connectivity index (χ4v) is 4.85. The standard InChI is InChI=1S/C23H25ClN2O4S/c1-3-28-16-7-9-17(10-8-16)30-14-20(27)26(13-18-5-4-12-29-18)23-25-21-15(2)6-11-19(24)22(21)31-23/h6-11,18H,3-5,12-14H2,1-2H3. The lowest BCUT2D eigenvalue weighted by atomic mass is 10.2. The van der Waals surface area contributed by atoms with Gasteiger partial charge in [0, 0.05) is 6.61 Å². The first kappa shape index (κ1) is 21.9. The van der Waals surface area contributed by atoms with Crippen molar-refractivity contribution in [2.75, 3.05) is 31.3 Å². The predicted molar refractivity (Wildman–Crippen MR) is 124 cm³/mol. The summed E-state index contributed by atoms with van der Waals surface area (Å²) in [5, 5.41) is 1.25. The zero-order valence-electron chi connectivity index (χ0n) is 17.6. The van der Waals surface area contributed by atoms with Gasteiger partial charge in [-0.05, 0) is 62.6 Å². The molecule has 0 bridgehead atoms. The first-order valence-electron chi connectivity index (χ1n) is 10.4. The molecule has 0 saturated carbocycles. The molecule has 31 heavy (non-hydrogen) atoms. The van der Waals surface area contributed by atoms with Crippen molar-refractivity contribution in [2.24, 2.45) is 0 Å². The SMILES string of the molecule is CCOc1ccc(OCC(=O)N(CC2CCCO2)c2nc3c(C)ccc(Cl)c3s2)cc1. The largest absolute Gasteiger partial charge is 0.494 e. The number of ether oxygens (including phenoxy) is 3. The maximum atomic E-state index is 13.2. The molecule has 4 rings (SSSR count). The molecule has 1 aliphatic rings. The Kier molecular flexibility index (Phi) is 6.95. The van der Waals surface area contributed by atoms with Crippen LogP contribution in [-0.2, 0) is 9.53 Å². The van der Waals surface area contributed by atoms with Gasteiger partial charge in [0.2, 0.25) is 0 Å². The molecule has 2 heterocycles. The van der Waals surface area contributed by atoms with Crippen molar-refractivity contribution in [3.05, 3.63) is 47.0 Å². The van der Waals surface area contributed by atoms with Crippen molar-refractivity contribution in [3.8, 4) is 11.5 Å². The van der Waals surface area contributed by atoms with Crippen LogP contribution in [0, 0.1) is 6.92 Å². The van der Waals surface area contributed by atoms with Crippen LogP contribution in [0.3, 0.4) is 0 Å². The van der Waals surface area contributed by atoms with Gasteiger partial charge in [0.05, 0.1) is 34.5 Å². The van der Waals surface area contributed by atoms with Gasteiger partial charge in [0.1, 0.15) is 11.5 Å². The summed E-state index contributed by atoms with van der Waals surface area (Å²) in [7, 11) is 0. The van der Waals surface area contributed by atoms with Gasteiger partial charge in [-0.25, -0.2) is 4.98 Å². The molecule has 1 unspecified atom stereocenters. The molecule has 0 aliphatic carbocycles. The lowest BCUT2D eigenvalue weighted by Crippen LogP contribution is -2.40. The molecule has 0 radical (unpaired) electrons. The average Bonchev–Trinajstić information content (AvgIpc) is 3.45. The van der Waals surface area contributed by atoms with Gasteiger partial charge < -0.3 is 14.2 Å². The monoisotopic (exact) mass is 460 g/mol. The van der Waals surface area contributed by atoms with E-state index in [0.29, 0.717) is 29.1 Å². The van der Waals surface area contributed by atoms with E-state index < -0.39 is 0 Å².